The predicted molar refractivity (Wildman–Crippen MR) is 115 cm³/mol. The number of hydrogen-bond donors (Lipinski definition) is 1. The van der Waals surface area contributed by atoms with Gasteiger partial charge < -0.3 is 9.53 Å². The summed E-state index contributed by atoms with van der Waals surface area (Å²) < 4.78 is 7.19. The van der Waals surface area contributed by atoms with Crippen molar-refractivity contribution in [2.24, 2.45) is 39.9 Å². The van der Waals surface area contributed by atoms with Gasteiger partial charge in [0, 0.05) is 18.6 Å². The molecule has 7 atom stereocenters. The SMILES string of the molecule is CC(C)[Si](OC[C@@]1(C)C2C3C=CC4([C@H](CO)CC[C@H]41)[C@@]32C)(C(C)C)C(C)C. The summed E-state index contributed by atoms with van der Waals surface area (Å²) in [5, 5.41) is 10.2. The van der Waals surface area contributed by atoms with Crippen LogP contribution < -0.4 is 0 Å². The van der Waals surface area contributed by atoms with E-state index in [4.69, 9.17) is 4.43 Å². The van der Waals surface area contributed by atoms with Gasteiger partial charge in [-0.15, -0.1) is 0 Å². The molecule has 3 fully saturated rings. The third-order valence-electron chi connectivity index (χ3n) is 10.2. The van der Waals surface area contributed by atoms with Crippen molar-refractivity contribution in [3.63, 3.8) is 0 Å². The predicted octanol–water partition coefficient (Wildman–Crippen LogP) is 6.03. The highest BCUT2D eigenvalue weighted by Crippen LogP contribution is 2.90. The van der Waals surface area contributed by atoms with Gasteiger partial charge in [-0.2, -0.15) is 0 Å². The van der Waals surface area contributed by atoms with E-state index in [0.29, 0.717) is 40.5 Å². The molecule has 1 spiro atoms. The van der Waals surface area contributed by atoms with Gasteiger partial charge in [0.05, 0.1) is 0 Å². The van der Waals surface area contributed by atoms with E-state index in [1.807, 2.05) is 0 Å². The molecule has 0 aromatic heterocycles. The van der Waals surface area contributed by atoms with E-state index in [9.17, 15) is 5.11 Å². The monoisotopic (exact) mass is 390 g/mol. The van der Waals surface area contributed by atoms with Gasteiger partial charge >= 0.3 is 0 Å². The summed E-state index contributed by atoms with van der Waals surface area (Å²) in [5.74, 6) is 2.63. The molecular weight excluding hydrogens is 348 g/mol. The lowest BCUT2D eigenvalue weighted by molar-refractivity contribution is 0.0268. The van der Waals surface area contributed by atoms with Gasteiger partial charge in [-0.05, 0) is 64.0 Å². The van der Waals surface area contributed by atoms with Crippen LogP contribution in [-0.4, -0.2) is 26.6 Å². The molecule has 1 N–H and O–H groups in total. The molecule has 0 bridgehead atoms. The third kappa shape index (κ3) is 2.05. The van der Waals surface area contributed by atoms with E-state index in [1.54, 1.807) is 0 Å². The summed E-state index contributed by atoms with van der Waals surface area (Å²) in [4.78, 5) is 0. The maximum absolute atomic E-state index is 10.2. The van der Waals surface area contributed by atoms with E-state index in [2.05, 4.69) is 67.5 Å². The van der Waals surface area contributed by atoms with Crippen molar-refractivity contribution >= 4 is 8.32 Å². The molecule has 0 heterocycles. The molecule has 4 aliphatic rings. The molecule has 0 aromatic rings. The largest absolute Gasteiger partial charge is 0.415 e. The molecule has 27 heavy (non-hydrogen) atoms. The number of allylic oxidation sites excluding steroid dienone is 2. The average molecular weight is 391 g/mol. The van der Waals surface area contributed by atoms with Crippen molar-refractivity contribution in [3.05, 3.63) is 12.2 Å². The maximum Gasteiger partial charge on any atom is 0.200 e. The fourth-order valence-corrected chi connectivity index (χ4v) is 15.0. The van der Waals surface area contributed by atoms with E-state index in [0.717, 1.165) is 18.4 Å². The van der Waals surface area contributed by atoms with E-state index < -0.39 is 8.32 Å². The van der Waals surface area contributed by atoms with E-state index in [-0.39, 0.29) is 10.8 Å². The maximum atomic E-state index is 10.2. The Hall–Kier alpha value is -0.123. The zero-order valence-corrected chi connectivity index (χ0v) is 19.9. The number of rotatable bonds is 7. The summed E-state index contributed by atoms with van der Waals surface area (Å²) in [5.41, 5.74) is 2.83. The number of aliphatic hydroxyl groups is 1. The molecule has 0 aliphatic heterocycles. The molecule has 154 valence electrons. The Bertz CT molecular complexity index is 619. The summed E-state index contributed by atoms with van der Waals surface area (Å²) in [7, 11) is -1.84. The number of hydrogen-bond acceptors (Lipinski definition) is 2. The Kier molecular flexibility index (Phi) is 4.44. The minimum Gasteiger partial charge on any atom is -0.415 e. The Morgan fingerprint density at radius 2 is 1.63 bits per heavy atom. The van der Waals surface area contributed by atoms with Gasteiger partial charge in [-0.25, -0.2) is 0 Å². The van der Waals surface area contributed by atoms with Crippen LogP contribution in [0.25, 0.3) is 0 Å². The lowest BCUT2D eigenvalue weighted by Gasteiger charge is -2.47. The van der Waals surface area contributed by atoms with Crippen molar-refractivity contribution in [1.82, 2.24) is 0 Å². The van der Waals surface area contributed by atoms with Crippen molar-refractivity contribution in [3.8, 4) is 0 Å². The molecule has 0 aromatic carbocycles. The Morgan fingerprint density at radius 3 is 2.15 bits per heavy atom. The van der Waals surface area contributed by atoms with Gasteiger partial charge in [-0.3, -0.25) is 0 Å². The highest BCUT2D eigenvalue weighted by molar-refractivity contribution is 6.77. The number of aliphatic hydroxyl groups excluding tert-OH is 1. The Balaban J connectivity index is 1.66. The van der Waals surface area contributed by atoms with Gasteiger partial charge in [0.1, 0.15) is 0 Å². The summed E-state index contributed by atoms with van der Waals surface area (Å²) in [6, 6.07) is 0. The van der Waals surface area contributed by atoms with Crippen LogP contribution in [0.1, 0.15) is 68.2 Å². The van der Waals surface area contributed by atoms with Crippen LogP contribution in [0.3, 0.4) is 0 Å². The van der Waals surface area contributed by atoms with Gasteiger partial charge in [0.25, 0.3) is 0 Å². The normalized spacial score (nSPS) is 47.4. The second kappa shape index (κ2) is 5.95. The van der Waals surface area contributed by atoms with Crippen LogP contribution in [0.5, 0.6) is 0 Å². The van der Waals surface area contributed by atoms with Crippen molar-refractivity contribution in [2.45, 2.75) is 84.9 Å². The Morgan fingerprint density at radius 1 is 1.04 bits per heavy atom. The summed E-state index contributed by atoms with van der Waals surface area (Å²) in [6.45, 7) is 20.8. The first-order valence-electron chi connectivity index (χ1n) is 11.5. The van der Waals surface area contributed by atoms with E-state index in [1.165, 1.54) is 12.8 Å². The lowest BCUT2D eigenvalue weighted by atomic mass is 9.63. The fraction of sp³-hybridized carbons (Fsp3) is 0.917. The van der Waals surface area contributed by atoms with Crippen molar-refractivity contribution in [2.75, 3.05) is 13.2 Å². The summed E-state index contributed by atoms with van der Waals surface area (Å²) >= 11 is 0. The molecule has 3 saturated carbocycles. The van der Waals surface area contributed by atoms with Gasteiger partial charge in [0.15, 0.2) is 8.32 Å². The first-order valence-corrected chi connectivity index (χ1v) is 13.6. The molecule has 4 aliphatic carbocycles. The topological polar surface area (TPSA) is 29.5 Å². The molecule has 4 rings (SSSR count). The van der Waals surface area contributed by atoms with Crippen molar-refractivity contribution in [1.29, 1.82) is 0 Å². The van der Waals surface area contributed by atoms with E-state index >= 15 is 0 Å². The first kappa shape index (κ1) is 20.2. The zero-order chi connectivity index (χ0) is 20.0. The van der Waals surface area contributed by atoms with Crippen LogP contribution in [-0.2, 0) is 4.43 Å². The lowest BCUT2D eigenvalue weighted by Crippen LogP contribution is -2.51. The molecule has 3 unspecified atom stereocenters. The van der Waals surface area contributed by atoms with Crippen LogP contribution in [0.4, 0.5) is 0 Å². The summed E-state index contributed by atoms with van der Waals surface area (Å²) in [6.07, 6.45) is 7.54. The highest BCUT2D eigenvalue weighted by Gasteiger charge is 2.87. The number of fused-ring (bicyclic) bond motifs is 1. The second-order valence-electron chi connectivity index (χ2n) is 11.7. The smallest absolute Gasteiger partial charge is 0.200 e. The standard InChI is InChI=1S/C24H42O2Si/c1-15(2)27(16(3)4,17(5)6)26-14-22(7)20-10-9-18(13-25)24(20)12-11-19-21(22)23(19,24)8/h11-12,15-21,25H,9-10,13-14H2,1-8H3/t18-,19?,20-,21?,22+,23-,24?/m0/s1. The van der Waals surface area contributed by atoms with Crippen LogP contribution >= 0.6 is 0 Å². The minimum atomic E-state index is -1.84. The first-order chi connectivity index (χ1) is 12.5. The molecule has 0 amide bonds. The average Bonchev–Trinajstić information content (AvgIpc) is 2.84. The highest BCUT2D eigenvalue weighted by atomic mass is 28.4. The molecule has 3 heteroatoms. The molecule has 0 radical (unpaired) electrons. The quantitative estimate of drug-likeness (QED) is 0.425. The van der Waals surface area contributed by atoms with Gasteiger partial charge in [0.2, 0.25) is 0 Å². The van der Waals surface area contributed by atoms with Crippen molar-refractivity contribution < 1.29 is 9.53 Å². The second-order valence-corrected chi connectivity index (χ2v) is 17.2. The minimum absolute atomic E-state index is 0.243. The molecule has 2 nitrogen and oxygen atoms in total. The third-order valence-corrected chi connectivity index (χ3v) is 16.3. The van der Waals surface area contributed by atoms with Crippen LogP contribution in [0.2, 0.25) is 16.6 Å². The van der Waals surface area contributed by atoms with Gasteiger partial charge in [-0.1, -0.05) is 67.5 Å². The molecule has 0 saturated heterocycles. The fourth-order valence-electron chi connectivity index (χ4n) is 9.46. The Labute approximate surface area is 168 Å². The zero-order valence-electron chi connectivity index (χ0n) is 18.9. The molecular formula is C24H42O2Si. The van der Waals surface area contributed by atoms with Crippen LogP contribution in [0.15, 0.2) is 12.2 Å². The van der Waals surface area contributed by atoms with Crippen LogP contribution in [0, 0.1) is 39.9 Å².